The highest BCUT2D eigenvalue weighted by Gasteiger charge is 1.95. The van der Waals surface area contributed by atoms with Crippen LogP contribution in [0.3, 0.4) is 0 Å². The molecule has 0 aliphatic carbocycles. The summed E-state index contributed by atoms with van der Waals surface area (Å²) in [6.07, 6.45) is 24.3. The standard InChI is InChI=1S/C18H33/c1-4-5-6-7-8-9-10-11-12-13-14-15-16-17-18(2)3/h18H,5-17H2,2-3H3. The second kappa shape index (κ2) is 14.6. The molecule has 0 aromatic rings. The van der Waals surface area contributed by atoms with Gasteiger partial charge < -0.3 is 0 Å². The van der Waals surface area contributed by atoms with Crippen LogP contribution < -0.4 is 0 Å². The van der Waals surface area contributed by atoms with Crippen molar-refractivity contribution in [2.24, 2.45) is 5.92 Å². The predicted molar refractivity (Wildman–Crippen MR) is 82.0 cm³/mol. The lowest BCUT2D eigenvalue weighted by Gasteiger charge is -2.04. The van der Waals surface area contributed by atoms with Crippen LogP contribution in [0.25, 0.3) is 0 Å². The smallest absolute Gasteiger partial charge is 0.00989 e. The van der Waals surface area contributed by atoms with E-state index in [1.54, 1.807) is 0 Å². The summed E-state index contributed by atoms with van der Waals surface area (Å²) >= 11 is 0. The van der Waals surface area contributed by atoms with E-state index in [1.807, 2.05) is 0 Å². The average Bonchev–Trinajstić information content (AvgIpc) is 2.34. The van der Waals surface area contributed by atoms with Crippen molar-refractivity contribution < 1.29 is 0 Å². The highest BCUT2D eigenvalue weighted by molar-refractivity contribution is 4.74. The zero-order chi connectivity index (χ0) is 13.5. The van der Waals surface area contributed by atoms with Crippen molar-refractivity contribution in [2.75, 3.05) is 0 Å². The van der Waals surface area contributed by atoms with Gasteiger partial charge in [-0.15, -0.1) is 0 Å². The Bertz CT molecular complexity index is 185. The van der Waals surface area contributed by atoms with Crippen LogP contribution in [0.5, 0.6) is 0 Å². The third kappa shape index (κ3) is 15.6. The second-order valence-electron chi connectivity index (χ2n) is 6.00. The first kappa shape index (κ1) is 17.6. The van der Waals surface area contributed by atoms with Gasteiger partial charge in [0.05, 0.1) is 0 Å². The monoisotopic (exact) mass is 249 g/mol. The third-order valence-corrected chi connectivity index (χ3v) is 3.58. The summed E-state index contributed by atoms with van der Waals surface area (Å²) in [7, 11) is 0. The van der Waals surface area contributed by atoms with Gasteiger partial charge in [0.25, 0.3) is 0 Å². The Hall–Kier alpha value is -0.440. The van der Waals surface area contributed by atoms with Crippen molar-refractivity contribution in [3.8, 4) is 5.92 Å². The molecule has 0 rings (SSSR count). The quantitative estimate of drug-likeness (QED) is 0.265. The van der Waals surface area contributed by atoms with Crippen LogP contribution in [0.4, 0.5) is 0 Å². The summed E-state index contributed by atoms with van der Waals surface area (Å²) in [6, 6.07) is 0. The summed E-state index contributed by atoms with van der Waals surface area (Å²) in [4.78, 5) is 0. The maximum Gasteiger partial charge on any atom is 0.00989 e. The fourth-order valence-corrected chi connectivity index (χ4v) is 2.36. The molecule has 1 radical (unpaired) electrons. The SMILES string of the molecule is [C]#CCCCCCCCCCCCCCC(C)C. The summed E-state index contributed by atoms with van der Waals surface area (Å²) in [6.45, 7) is 4.64. The molecule has 0 heteroatoms. The van der Waals surface area contributed by atoms with Gasteiger partial charge in [-0.1, -0.05) is 90.4 Å². The molecule has 0 bridgehead atoms. The van der Waals surface area contributed by atoms with Gasteiger partial charge in [0.1, 0.15) is 0 Å². The highest BCUT2D eigenvalue weighted by atomic mass is 14.0. The molecule has 0 aromatic carbocycles. The topological polar surface area (TPSA) is 0 Å². The van der Waals surface area contributed by atoms with E-state index >= 15 is 0 Å². The molecule has 0 heterocycles. The zero-order valence-electron chi connectivity index (χ0n) is 12.8. The first-order valence-electron chi connectivity index (χ1n) is 8.17. The van der Waals surface area contributed by atoms with E-state index in [4.69, 9.17) is 6.42 Å². The van der Waals surface area contributed by atoms with Crippen molar-refractivity contribution in [1.29, 1.82) is 0 Å². The van der Waals surface area contributed by atoms with Crippen LogP contribution in [-0.4, -0.2) is 0 Å². The van der Waals surface area contributed by atoms with Crippen molar-refractivity contribution in [3.05, 3.63) is 6.42 Å². The van der Waals surface area contributed by atoms with Crippen molar-refractivity contribution in [1.82, 2.24) is 0 Å². The fraction of sp³-hybridized carbons (Fsp3) is 0.889. The number of hydrogen-bond acceptors (Lipinski definition) is 0. The molecule has 0 spiro atoms. The molecule has 0 fully saturated rings. The normalized spacial score (nSPS) is 10.8. The minimum Gasteiger partial charge on any atom is -0.0891 e. The van der Waals surface area contributed by atoms with E-state index in [2.05, 4.69) is 19.8 Å². The molecule has 0 unspecified atom stereocenters. The first-order chi connectivity index (χ1) is 8.77. The minimum absolute atomic E-state index is 0.858. The minimum atomic E-state index is 0.858. The second-order valence-corrected chi connectivity index (χ2v) is 6.00. The molecule has 0 N–H and O–H groups in total. The molecule has 0 saturated carbocycles. The van der Waals surface area contributed by atoms with Crippen LogP contribution in [-0.2, 0) is 0 Å². The maximum atomic E-state index is 6.82. The lowest BCUT2D eigenvalue weighted by atomic mass is 10.0. The van der Waals surface area contributed by atoms with E-state index in [0.29, 0.717) is 0 Å². The predicted octanol–water partition coefficient (Wildman–Crippen LogP) is 6.30. The molecular weight excluding hydrogens is 216 g/mol. The highest BCUT2D eigenvalue weighted by Crippen LogP contribution is 2.13. The Morgan fingerprint density at radius 1 is 0.667 bits per heavy atom. The van der Waals surface area contributed by atoms with Gasteiger partial charge in [-0.2, -0.15) is 0 Å². The van der Waals surface area contributed by atoms with E-state index in [0.717, 1.165) is 12.3 Å². The molecule has 0 nitrogen and oxygen atoms in total. The summed E-state index contributed by atoms with van der Waals surface area (Å²) < 4.78 is 0. The zero-order valence-corrected chi connectivity index (χ0v) is 12.8. The summed E-state index contributed by atoms with van der Waals surface area (Å²) in [5, 5.41) is 0. The molecule has 0 amide bonds. The van der Waals surface area contributed by atoms with Crippen molar-refractivity contribution >= 4 is 0 Å². The van der Waals surface area contributed by atoms with Gasteiger partial charge in [-0.3, -0.25) is 0 Å². The van der Waals surface area contributed by atoms with Crippen LogP contribution in [0.1, 0.15) is 97.3 Å². The molecule has 105 valence electrons. The van der Waals surface area contributed by atoms with Crippen LogP contribution >= 0.6 is 0 Å². The van der Waals surface area contributed by atoms with Gasteiger partial charge in [0.2, 0.25) is 0 Å². The first-order valence-corrected chi connectivity index (χ1v) is 8.17. The van der Waals surface area contributed by atoms with Crippen LogP contribution in [0.2, 0.25) is 0 Å². The maximum absolute atomic E-state index is 6.82. The van der Waals surface area contributed by atoms with E-state index in [1.165, 1.54) is 77.0 Å². The van der Waals surface area contributed by atoms with Crippen LogP contribution in [0, 0.1) is 18.3 Å². The number of hydrogen-bond donors (Lipinski definition) is 0. The third-order valence-electron chi connectivity index (χ3n) is 3.58. The molecule has 0 saturated heterocycles. The summed E-state index contributed by atoms with van der Waals surface area (Å²) in [5.41, 5.74) is 0. The van der Waals surface area contributed by atoms with E-state index in [9.17, 15) is 0 Å². The molecule has 0 aliphatic heterocycles. The Balaban J connectivity index is 2.93. The lowest BCUT2D eigenvalue weighted by molar-refractivity contribution is 0.504. The summed E-state index contributed by atoms with van der Waals surface area (Å²) in [5.74, 6) is 3.34. The van der Waals surface area contributed by atoms with Crippen LogP contribution in [0.15, 0.2) is 0 Å². The Labute approximate surface area is 116 Å². The molecule has 18 heavy (non-hydrogen) atoms. The van der Waals surface area contributed by atoms with E-state index in [-0.39, 0.29) is 0 Å². The lowest BCUT2D eigenvalue weighted by Crippen LogP contribution is -1.87. The molecule has 0 atom stereocenters. The molecule has 0 aromatic heterocycles. The van der Waals surface area contributed by atoms with Gasteiger partial charge in [0.15, 0.2) is 0 Å². The van der Waals surface area contributed by atoms with Gasteiger partial charge >= 0.3 is 0 Å². The Morgan fingerprint density at radius 2 is 1.06 bits per heavy atom. The Kier molecular flexibility index (Phi) is 14.3. The van der Waals surface area contributed by atoms with E-state index < -0.39 is 0 Å². The molecular formula is C18H33. The average molecular weight is 249 g/mol. The van der Waals surface area contributed by atoms with Gasteiger partial charge in [0, 0.05) is 6.42 Å². The Morgan fingerprint density at radius 3 is 1.44 bits per heavy atom. The number of unbranched alkanes of at least 4 members (excludes halogenated alkanes) is 11. The fourth-order valence-electron chi connectivity index (χ4n) is 2.36. The molecule has 0 aliphatic rings. The number of rotatable bonds is 13. The van der Waals surface area contributed by atoms with Gasteiger partial charge in [-0.25, -0.2) is 0 Å². The van der Waals surface area contributed by atoms with Gasteiger partial charge in [-0.05, 0) is 18.8 Å². The largest absolute Gasteiger partial charge is 0.0891 e. The van der Waals surface area contributed by atoms with Crippen molar-refractivity contribution in [3.63, 3.8) is 0 Å². The van der Waals surface area contributed by atoms with Crippen molar-refractivity contribution in [2.45, 2.75) is 97.3 Å².